The summed E-state index contributed by atoms with van der Waals surface area (Å²) in [7, 11) is -3.63. The number of aryl methyl sites for hydroxylation is 1. The number of nitrogens with one attached hydrogen (secondary N) is 2. The molecule has 0 bridgehead atoms. The molecule has 0 aliphatic heterocycles. The molecule has 128 valence electrons. The van der Waals surface area contributed by atoms with Gasteiger partial charge in [-0.1, -0.05) is 30.3 Å². The number of sulfonamides is 1. The Morgan fingerprint density at radius 1 is 1.04 bits per heavy atom. The van der Waals surface area contributed by atoms with Gasteiger partial charge in [0.25, 0.3) is 0 Å². The van der Waals surface area contributed by atoms with Gasteiger partial charge in [-0.3, -0.25) is 9.52 Å². The zero-order chi connectivity index (χ0) is 17.4. The lowest BCUT2D eigenvalue weighted by Gasteiger charge is -2.17. The quantitative estimate of drug-likeness (QED) is 0.476. The third-order valence-corrected chi connectivity index (χ3v) is 4.88. The highest BCUT2D eigenvalue weighted by Crippen LogP contribution is 2.16. The predicted molar refractivity (Wildman–Crippen MR) is 93.3 cm³/mol. The van der Waals surface area contributed by atoms with Gasteiger partial charge in [0.1, 0.15) is 5.75 Å². The lowest BCUT2D eigenvalue weighted by Crippen LogP contribution is -2.37. The maximum absolute atomic E-state index is 12.3. The number of rotatable bonds is 9. The number of amides is 1. The molecule has 0 unspecified atom stereocenters. The van der Waals surface area contributed by atoms with Gasteiger partial charge >= 0.3 is 0 Å². The highest BCUT2D eigenvalue weighted by molar-refractivity contribution is 7.92. The van der Waals surface area contributed by atoms with Crippen LogP contribution in [0, 0.1) is 0 Å². The van der Waals surface area contributed by atoms with Gasteiger partial charge in [-0.05, 0) is 42.7 Å². The summed E-state index contributed by atoms with van der Waals surface area (Å²) in [5.41, 5.74) is 1.44. The van der Waals surface area contributed by atoms with Crippen molar-refractivity contribution in [2.75, 3.05) is 10.5 Å². The van der Waals surface area contributed by atoms with E-state index in [0.717, 1.165) is 5.56 Å². The van der Waals surface area contributed by atoms with Crippen LogP contribution in [0.2, 0.25) is 0 Å². The molecular formula is C17H20N2O4S. The van der Waals surface area contributed by atoms with Gasteiger partial charge in [-0.15, -0.1) is 0 Å². The molecule has 2 rings (SSSR count). The van der Waals surface area contributed by atoms with Gasteiger partial charge in [0.2, 0.25) is 16.4 Å². The van der Waals surface area contributed by atoms with E-state index in [1.807, 2.05) is 30.3 Å². The van der Waals surface area contributed by atoms with E-state index in [0.29, 0.717) is 24.9 Å². The third kappa shape index (κ3) is 5.92. The minimum Gasteiger partial charge on any atom is -0.508 e. The average Bonchev–Trinajstić information content (AvgIpc) is 2.55. The van der Waals surface area contributed by atoms with Crippen molar-refractivity contribution in [2.24, 2.45) is 0 Å². The SMILES string of the molecule is O=CN[C@@H](CCc1ccccc1)CS(=O)(=O)Nc1ccc(O)cc1. The fourth-order valence-corrected chi connectivity index (χ4v) is 3.68. The first kappa shape index (κ1) is 17.8. The van der Waals surface area contributed by atoms with Crippen molar-refractivity contribution in [2.45, 2.75) is 18.9 Å². The van der Waals surface area contributed by atoms with Crippen molar-refractivity contribution in [1.29, 1.82) is 0 Å². The summed E-state index contributed by atoms with van der Waals surface area (Å²) in [4.78, 5) is 10.8. The van der Waals surface area contributed by atoms with Gasteiger partial charge < -0.3 is 10.4 Å². The van der Waals surface area contributed by atoms with Crippen LogP contribution in [0.1, 0.15) is 12.0 Å². The summed E-state index contributed by atoms with van der Waals surface area (Å²) in [5, 5.41) is 11.8. The van der Waals surface area contributed by atoms with Crippen LogP contribution in [0.3, 0.4) is 0 Å². The van der Waals surface area contributed by atoms with Crippen molar-refractivity contribution < 1.29 is 18.3 Å². The molecule has 24 heavy (non-hydrogen) atoms. The number of hydrogen-bond donors (Lipinski definition) is 3. The third-order valence-electron chi connectivity index (χ3n) is 3.49. The summed E-state index contributed by atoms with van der Waals surface area (Å²) in [6, 6.07) is 14.9. The monoisotopic (exact) mass is 348 g/mol. The zero-order valence-electron chi connectivity index (χ0n) is 13.1. The second-order valence-electron chi connectivity index (χ2n) is 5.44. The van der Waals surface area contributed by atoms with Crippen LogP contribution in [0.5, 0.6) is 5.75 Å². The molecule has 0 aliphatic rings. The zero-order valence-corrected chi connectivity index (χ0v) is 13.9. The first-order valence-electron chi connectivity index (χ1n) is 7.51. The van der Waals surface area contributed by atoms with Crippen LogP contribution in [-0.4, -0.2) is 31.7 Å². The average molecular weight is 348 g/mol. The Balaban J connectivity index is 1.97. The minimum absolute atomic E-state index is 0.0568. The van der Waals surface area contributed by atoms with E-state index in [9.17, 15) is 18.3 Å². The molecule has 0 fully saturated rings. The van der Waals surface area contributed by atoms with Crippen molar-refractivity contribution >= 4 is 22.1 Å². The Bertz CT molecular complexity index is 746. The fraction of sp³-hybridized carbons (Fsp3) is 0.235. The van der Waals surface area contributed by atoms with Gasteiger partial charge in [-0.2, -0.15) is 0 Å². The molecule has 0 aromatic heterocycles. The Kier molecular flexibility index (Phi) is 6.20. The molecular weight excluding hydrogens is 328 g/mol. The Morgan fingerprint density at radius 3 is 2.33 bits per heavy atom. The molecule has 0 aliphatic carbocycles. The predicted octanol–water partition coefficient (Wildman–Crippen LogP) is 1.88. The Morgan fingerprint density at radius 2 is 1.71 bits per heavy atom. The van der Waals surface area contributed by atoms with E-state index in [4.69, 9.17) is 0 Å². The summed E-state index contributed by atoms with van der Waals surface area (Å²) in [5.74, 6) is -0.166. The summed E-state index contributed by atoms with van der Waals surface area (Å²) in [6.07, 6.45) is 1.70. The van der Waals surface area contributed by atoms with Gasteiger partial charge in [0, 0.05) is 11.7 Å². The lowest BCUT2D eigenvalue weighted by atomic mass is 10.1. The first-order valence-corrected chi connectivity index (χ1v) is 9.17. The highest BCUT2D eigenvalue weighted by atomic mass is 32.2. The standard InChI is InChI=1S/C17H20N2O4S/c20-13-18-16(7-6-14-4-2-1-3-5-14)12-24(22,23)19-15-8-10-17(21)11-9-15/h1-5,8-11,13,16,19,21H,6-7,12H2,(H,18,20)/t16-/m0/s1. The fourth-order valence-electron chi connectivity index (χ4n) is 2.31. The van der Waals surface area contributed by atoms with Crippen LogP contribution in [0.15, 0.2) is 54.6 Å². The Hall–Kier alpha value is -2.54. The molecule has 0 spiro atoms. The normalized spacial score (nSPS) is 12.3. The summed E-state index contributed by atoms with van der Waals surface area (Å²) in [6.45, 7) is 0. The van der Waals surface area contributed by atoms with Crippen molar-refractivity contribution in [3.8, 4) is 5.75 Å². The van der Waals surface area contributed by atoms with Crippen LogP contribution >= 0.6 is 0 Å². The van der Waals surface area contributed by atoms with E-state index < -0.39 is 16.1 Å². The number of anilines is 1. The van der Waals surface area contributed by atoms with Crippen molar-refractivity contribution in [1.82, 2.24) is 5.32 Å². The molecule has 0 radical (unpaired) electrons. The highest BCUT2D eigenvalue weighted by Gasteiger charge is 2.19. The number of aromatic hydroxyl groups is 1. The molecule has 0 saturated carbocycles. The first-order chi connectivity index (χ1) is 11.5. The number of hydrogen-bond acceptors (Lipinski definition) is 4. The molecule has 1 amide bonds. The van der Waals surface area contributed by atoms with Gasteiger partial charge in [-0.25, -0.2) is 8.42 Å². The van der Waals surface area contributed by atoms with E-state index in [1.165, 1.54) is 24.3 Å². The number of phenolic OH excluding ortho intramolecular Hbond substituents is 1. The van der Waals surface area contributed by atoms with Gasteiger partial charge in [0.05, 0.1) is 5.75 Å². The molecule has 0 saturated heterocycles. The largest absolute Gasteiger partial charge is 0.508 e. The molecule has 1 atom stereocenters. The van der Waals surface area contributed by atoms with Crippen LogP contribution < -0.4 is 10.0 Å². The molecule has 6 nitrogen and oxygen atoms in total. The van der Waals surface area contributed by atoms with Crippen LogP contribution in [-0.2, 0) is 21.2 Å². The number of carbonyl (C=O) groups is 1. The van der Waals surface area contributed by atoms with Crippen LogP contribution in [0.4, 0.5) is 5.69 Å². The minimum atomic E-state index is -3.63. The summed E-state index contributed by atoms with van der Waals surface area (Å²) < 4.78 is 26.9. The number of carbonyl (C=O) groups excluding carboxylic acids is 1. The van der Waals surface area contributed by atoms with E-state index >= 15 is 0 Å². The maximum Gasteiger partial charge on any atom is 0.234 e. The van der Waals surface area contributed by atoms with E-state index in [2.05, 4.69) is 10.0 Å². The second kappa shape index (κ2) is 8.35. The molecule has 3 N–H and O–H groups in total. The van der Waals surface area contributed by atoms with Crippen molar-refractivity contribution in [3.63, 3.8) is 0 Å². The topological polar surface area (TPSA) is 95.5 Å². The van der Waals surface area contributed by atoms with Crippen molar-refractivity contribution in [3.05, 3.63) is 60.2 Å². The van der Waals surface area contributed by atoms with E-state index in [1.54, 1.807) is 0 Å². The van der Waals surface area contributed by atoms with E-state index in [-0.39, 0.29) is 11.5 Å². The molecule has 2 aromatic carbocycles. The number of phenols is 1. The number of benzene rings is 2. The smallest absolute Gasteiger partial charge is 0.234 e. The second-order valence-corrected chi connectivity index (χ2v) is 7.20. The molecule has 2 aromatic rings. The van der Waals surface area contributed by atoms with Crippen LogP contribution in [0.25, 0.3) is 0 Å². The maximum atomic E-state index is 12.3. The summed E-state index contributed by atoms with van der Waals surface area (Å²) >= 11 is 0. The Labute approximate surface area is 141 Å². The molecule has 7 heteroatoms. The van der Waals surface area contributed by atoms with Gasteiger partial charge in [0.15, 0.2) is 0 Å². The molecule has 0 heterocycles. The lowest BCUT2D eigenvalue weighted by molar-refractivity contribution is -0.110.